The molecule has 0 bridgehead atoms. The second-order valence-electron chi connectivity index (χ2n) is 2.77. The summed E-state index contributed by atoms with van der Waals surface area (Å²) in [5, 5.41) is -0.0262. The van der Waals surface area contributed by atoms with E-state index in [1.807, 2.05) is 4.72 Å². The molecule has 1 aromatic heterocycles. The van der Waals surface area contributed by atoms with Crippen LogP contribution in [0.4, 0.5) is 10.5 Å². The molecule has 2 N–H and O–H groups in total. The predicted octanol–water partition coefficient (Wildman–Crippen LogP) is 1.14. The van der Waals surface area contributed by atoms with E-state index in [9.17, 15) is 13.2 Å². The van der Waals surface area contributed by atoms with E-state index in [0.29, 0.717) is 0 Å². The third kappa shape index (κ3) is 4.45. The largest absolute Gasteiger partial charge is 0.449 e. The standard InChI is InChI=1S/C8H10ClN3O4S/c1-2-16-8(13)12-17(14,15)11-6-4-3-5-10-7(6)9/h3-5,11H,2H2,1H3,(H,12,13). The van der Waals surface area contributed by atoms with E-state index < -0.39 is 16.3 Å². The van der Waals surface area contributed by atoms with E-state index in [2.05, 4.69) is 9.72 Å². The Hall–Kier alpha value is -1.54. The maximum absolute atomic E-state index is 11.4. The lowest BCUT2D eigenvalue weighted by Gasteiger charge is -2.09. The molecule has 17 heavy (non-hydrogen) atoms. The molecule has 94 valence electrons. The van der Waals surface area contributed by atoms with Crippen LogP contribution in [0.3, 0.4) is 0 Å². The first-order chi connectivity index (χ1) is 7.94. The Labute approximate surface area is 103 Å². The number of nitrogens with zero attached hydrogens (tertiary/aromatic N) is 1. The van der Waals surface area contributed by atoms with Crippen LogP contribution in [-0.4, -0.2) is 26.1 Å². The number of hydrogen-bond acceptors (Lipinski definition) is 5. The van der Waals surface area contributed by atoms with Gasteiger partial charge in [-0.15, -0.1) is 0 Å². The van der Waals surface area contributed by atoms with E-state index in [-0.39, 0.29) is 17.4 Å². The quantitative estimate of drug-likeness (QED) is 0.806. The molecule has 0 aliphatic rings. The second-order valence-corrected chi connectivity index (χ2v) is 4.54. The summed E-state index contributed by atoms with van der Waals surface area (Å²) < 4.78 is 31.0. The Morgan fingerprint density at radius 1 is 1.59 bits per heavy atom. The summed E-state index contributed by atoms with van der Waals surface area (Å²) >= 11 is 5.65. The molecule has 9 heteroatoms. The maximum atomic E-state index is 11.4. The smallest absolute Gasteiger partial charge is 0.422 e. The molecule has 0 aromatic carbocycles. The number of rotatable bonds is 4. The van der Waals surface area contributed by atoms with Crippen LogP contribution < -0.4 is 9.44 Å². The molecule has 0 fully saturated rings. The van der Waals surface area contributed by atoms with Crippen molar-refractivity contribution >= 4 is 33.6 Å². The number of carbonyl (C=O) groups excluding carboxylic acids is 1. The van der Waals surface area contributed by atoms with Crippen LogP contribution in [0, 0.1) is 0 Å². The molecule has 0 saturated heterocycles. The molecule has 0 saturated carbocycles. The number of pyridine rings is 1. The minimum Gasteiger partial charge on any atom is -0.449 e. The minimum atomic E-state index is -4.08. The molecular weight excluding hydrogens is 270 g/mol. The van der Waals surface area contributed by atoms with Crippen molar-refractivity contribution in [3.05, 3.63) is 23.5 Å². The molecular formula is C8H10ClN3O4S. The first kappa shape index (κ1) is 13.5. The number of anilines is 1. The summed E-state index contributed by atoms with van der Waals surface area (Å²) in [5.74, 6) is 0. The van der Waals surface area contributed by atoms with Gasteiger partial charge in [-0.2, -0.15) is 8.42 Å². The Morgan fingerprint density at radius 2 is 2.29 bits per heavy atom. The summed E-state index contributed by atoms with van der Waals surface area (Å²) in [6, 6.07) is 2.90. The second kappa shape index (κ2) is 5.69. The van der Waals surface area contributed by atoms with Crippen molar-refractivity contribution in [3.8, 4) is 0 Å². The number of ether oxygens (including phenoxy) is 1. The van der Waals surface area contributed by atoms with Crippen LogP contribution in [0.25, 0.3) is 0 Å². The van der Waals surface area contributed by atoms with E-state index >= 15 is 0 Å². The zero-order valence-corrected chi connectivity index (χ0v) is 10.4. The molecule has 0 aliphatic heterocycles. The average molecular weight is 280 g/mol. The van der Waals surface area contributed by atoms with Gasteiger partial charge in [-0.25, -0.2) is 14.5 Å². The lowest BCUT2D eigenvalue weighted by atomic mass is 10.4. The Morgan fingerprint density at radius 3 is 2.88 bits per heavy atom. The number of amides is 1. The molecule has 1 amide bonds. The van der Waals surface area contributed by atoms with Gasteiger partial charge in [0.2, 0.25) is 0 Å². The Kier molecular flexibility index (Phi) is 4.53. The van der Waals surface area contributed by atoms with Crippen LogP contribution in [-0.2, 0) is 14.9 Å². The molecule has 1 heterocycles. The van der Waals surface area contributed by atoms with Crippen LogP contribution in [0.5, 0.6) is 0 Å². The first-order valence-electron chi connectivity index (χ1n) is 4.52. The molecule has 0 spiro atoms. The van der Waals surface area contributed by atoms with Crippen molar-refractivity contribution < 1.29 is 17.9 Å². The SMILES string of the molecule is CCOC(=O)NS(=O)(=O)Nc1cccnc1Cl. The maximum Gasteiger partial charge on any atom is 0.422 e. The molecule has 0 atom stereocenters. The van der Waals surface area contributed by atoms with Crippen LogP contribution >= 0.6 is 11.6 Å². The van der Waals surface area contributed by atoms with Crippen molar-refractivity contribution in [1.29, 1.82) is 0 Å². The highest BCUT2D eigenvalue weighted by Crippen LogP contribution is 2.18. The fourth-order valence-corrected chi connectivity index (χ4v) is 1.91. The average Bonchev–Trinajstić information content (AvgIpc) is 2.20. The Balaban J connectivity index is 2.74. The monoisotopic (exact) mass is 279 g/mol. The molecule has 0 unspecified atom stereocenters. The van der Waals surface area contributed by atoms with Gasteiger partial charge in [-0.3, -0.25) is 4.72 Å². The third-order valence-electron chi connectivity index (χ3n) is 1.50. The van der Waals surface area contributed by atoms with Gasteiger partial charge in [-0.05, 0) is 19.1 Å². The molecule has 0 radical (unpaired) electrons. The summed E-state index contributed by atoms with van der Waals surface area (Å²) in [6.45, 7) is 1.62. The van der Waals surface area contributed by atoms with Crippen molar-refractivity contribution in [1.82, 2.24) is 9.71 Å². The van der Waals surface area contributed by atoms with Gasteiger partial charge >= 0.3 is 16.3 Å². The van der Waals surface area contributed by atoms with Gasteiger partial charge in [0.05, 0.1) is 12.3 Å². The number of carbonyl (C=O) groups is 1. The zero-order chi connectivity index (χ0) is 12.9. The highest BCUT2D eigenvalue weighted by Gasteiger charge is 2.16. The zero-order valence-electron chi connectivity index (χ0n) is 8.81. The third-order valence-corrected chi connectivity index (χ3v) is 2.72. The fraction of sp³-hybridized carbons (Fsp3) is 0.250. The van der Waals surface area contributed by atoms with Crippen molar-refractivity contribution in [2.45, 2.75) is 6.92 Å². The first-order valence-corrected chi connectivity index (χ1v) is 6.38. The highest BCUT2D eigenvalue weighted by molar-refractivity contribution is 7.91. The lowest BCUT2D eigenvalue weighted by Crippen LogP contribution is -2.35. The van der Waals surface area contributed by atoms with E-state index in [1.165, 1.54) is 18.3 Å². The van der Waals surface area contributed by atoms with Gasteiger partial charge < -0.3 is 4.74 Å². The highest BCUT2D eigenvalue weighted by atomic mass is 35.5. The topological polar surface area (TPSA) is 97.4 Å². The van der Waals surface area contributed by atoms with Crippen molar-refractivity contribution in [2.75, 3.05) is 11.3 Å². The van der Waals surface area contributed by atoms with Gasteiger partial charge in [0.1, 0.15) is 0 Å². The molecule has 7 nitrogen and oxygen atoms in total. The number of halogens is 1. The van der Waals surface area contributed by atoms with Crippen LogP contribution in [0.1, 0.15) is 6.92 Å². The normalized spacial score (nSPS) is 10.7. The van der Waals surface area contributed by atoms with Gasteiger partial charge in [0, 0.05) is 6.20 Å². The summed E-state index contributed by atoms with van der Waals surface area (Å²) in [6.07, 6.45) is 0.332. The van der Waals surface area contributed by atoms with Crippen molar-refractivity contribution in [3.63, 3.8) is 0 Å². The molecule has 1 rings (SSSR count). The number of hydrogen-bond donors (Lipinski definition) is 2. The van der Waals surface area contributed by atoms with Crippen LogP contribution in [0.15, 0.2) is 18.3 Å². The van der Waals surface area contributed by atoms with E-state index in [4.69, 9.17) is 11.6 Å². The lowest BCUT2D eigenvalue weighted by molar-refractivity contribution is 0.159. The number of nitrogens with one attached hydrogen (secondary N) is 2. The predicted molar refractivity (Wildman–Crippen MR) is 61.9 cm³/mol. The summed E-state index contributed by atoms with van der Waals surface area (Å²) in [4.78, 5) is 14.6. The minimum absolute atomic E-state index is 0.0262. The van der Waals surface area contributed by atoms with Crippen LogP contribution in [0.2, 0.25) is 5.15 Å². The van der Waals surface area contributed by atoms with E-state index in [0.717, 1.165) is 0 Å². The molecule has 0 aliphatic carbocycles. The Bertz CT molecular complexity index is 505. The van der Waals surface area contributed by atoms with Gasteiger partial charge in [0.15, 0.2) is 5.15 Å². The number of aromatic nitrogens is 1. The fourth-order valence-electron chi connectivity index (χ4n) is 0.903. The van der Waals surface area contributed by atoms with Crippen molar-refractivity contribution in [2.24, 2.45) is 0 Å². The molecule has 1 aromatic rings. The summed E-state index contributed by atoms with van der Waals surface area (Å²) in [5.41, 5.74) is 0.0611. The van der Waals surface area contributed by atoms with E-state index in [1.54, 1.807) is 11.6 Å². The summed E-state index contributed by atoms with van der Waals surface area (Å²) in [7, 11) is -4.08. The van der Waals surface area contributed by atoms with Gasteiger partial charge in [0.25, 0.3) is 0 Å². The van der Waals surface area contributed by atoms with Gasteiger partial charge in [-0.1, -0.05) is 11.6 Å².